The highest BCUT2D eigenvalue weighted by Crippen LogP contribution is 2.27. The standard InChI is InChI=1S/C17H15Cl2FN2O3/c1-22(9-16(23)21-13-4-2-3-12(20)8-13)17(24)10-25-15-6-5-11(18)7-14(15)19/h2-8H,9-10H2,1H3,(H,21,23). The van der Waals surface area contributed by atoms with E-state index in [1.807, 2.05) is 0 Å². The minimum atomic E-state index is -0.463. The number of halogens is 3. The van der Waals surface area contributed by atoms with Gasteiger partial charge in [-0.05, 0) is 36.4 Å². The fourth-order valence-electron chi connectivity index (χ4n) is 1.91. The number of nitrogens with zero attached hydrogens (tertiary/aromatic N) is 1. The van der Waals surface area contributed by atoms with Crippen LogP contribution in [0.1, 0.15) is 0 Å². The van der Waals surface area contributed by atoms with E-state index in [0.717, 1.165) is 0 Å². The van der Waals surface area contributed by atoms with E-state index in [1.54, 1.807) is 18.2 Å². The largest absolute Gasteiger partial charge is 0.482 e. The molecule has 0 aromatic heterocycles. The second-order valence-corrected chi connectivity index (χ2v) is 6.02. The van der Waals surface area contributed by atoms with Crippen molar-refractivity contribution < 1.29 is 18.7 Å². The molecule has 1 N–H and O–H groups in total. The normalized spacial score (nSPS) is 10.2. The van der Waals surface area contributed by atoms with Gasteiger partial charge in [0.05, 0.1) is 11.6 Å². The van der Waals surface area contributed by atoms with Crippen LogP contribution in [0.5, 0.6) is 5.75 Å². The average molecular weight is 385 g/mol. The van der Waals surface area contributed by atoms with Crippen LogP contribution in [0.15, 0.2) is 42.5 Å². The van der Waals surface area contributed by atoms with Gasteiger partial charge in [-0.15, -0.1) is 0 Å². The summed E-state index contributed by atoms with van der Waals surface area (Å²) in [5.41, 5.74) is 0.315. The summed E-state index contributed by atoms with van der Waals surface area (Å²) in [5, 5.41) is 3.25. The Kier molecular flexibility index (Phi) is 6.61. The first-order valence-corrected chi connectivity index (χ1v) is 7.98. The summed E-state index contributed by atoms with van der Waals surface area (Å²) in [5.74, 6) is -1.01. The van der Waals surface area contributed by atoms with Gasteiger partial charge >= 0.3 is 0 Å². The van der Waals surface area contributed by atoms with Gasteiger partial charge in [0, 0.05) is 17.8 Å². The molecule has 0 bridgehead atoms. The van der Waals surface area contributed by atoms with Crippen molar-refractivity contribution in [3.63, 3.8) is 0 Å². The number of hydrogen-bond donors (Lipinski definition) is 1. The summed E-state index contributed by atoms with van der Waals surface area (Å²) in [6.07, 6.45) is 0. The number of amides is 2. The summed E-state index contributed by atoms with van der Waals surface area (Å²) in [6, 6.07) is 10.1. The fraction of sp³-hybridized carbons (Fsp3) is 0.176. The maximum atomic E-state index is 13.1. The Bertz CT molecular complexity index is 786. The molecule has 0 spiro atoms. The zero-order valence-electron chi connectivity index (χ0n) is 13.3. The molecule has 2 aromatic rings. The fourth-order valence-corrected chi connectivity index (χ4v) is 2.38. The molecule has 0 heterocycles. The Hall–Kier alpha value is -2.31. The van der Waals surface area contributed by atoms with Gasteiger partial charge in [0.1, 0.15) is 11.6 Å². The number of likely N-dealkylation sites (N-methyl/N-ethyl adjacent to an activating group) is 1. The molecule has 0 saturated heterocycles. The van der Waals surface area contributed by atoms with E-state index in [2.05, 4.69) is 5.32 Å². The number of hydrogen-bond acceptors (Lipinski definition) is 3. The van der Waals surface area contributed by atoms with Crippen LogP contribution in [0.4, 0.5) is 10.1 Å². The highest BCUT2D eigenvalue weighted by molar-refractivity contribution is 6.35. The zero-order chi connectivity index (χ0) is 18.4. The molecule has 5 nitrogen and oxygen atoms in total. The quantitative estimate of drug-likeness (QED) is 0.827. The minimum absolute atomic E-state index is 0.201. The van der Waals surface area contributed by atoms with E-state index in [9.17, 15) is 14.0 Å². The van der Waals surface area contributed by atoms with Gasteiger partial charge in [-0.3, -0.25) is 9.59 Å². The number of ether oxygens (including phenoxy) is 1. The molecule has 25 heavy (non-hydrogen) atoms. The third-order valence-corrected chi connectivity index (χ3v) is 3.69. The molecule has 2 rings (SSSR count). The first kappa shape index (κ1) is 19.0. The number of rotatable bonds is 6. The number of carbonyl (C=O) groups excluding carboxylic acids is 2. The van der Waals surface area contributed by atoms with Crippen LogP contribution in [0, 0.1) is 5.82 Å². The monoisotopic (exact) mass is 384 g/mol. The zero-order valence-corrected chi connectivity index (χ0v) is 14.8. The summed E-state index contributed by atoms with van der Waals surface area (Å²) >= 11 is 11.7. The molecular formula is C17H15Cl2FN2O3. The first-order chi connectivity index (χ1) is 11.8. The van der Waals surface area contributed by atoms with Crippen molar-refractivity contribution in [2.24, 2.45) is 0 Å². The van der Waals surface area contributed by atoms with Crippen LogP contribution in [0.25, 0.3) is 0 Å². The molecule has 0 aliphatic carbocycles. The van der Waals surface area contributed by atoms with Crippen LogP contribution < -0.4 is 10.1 Å². The summed E-state index contributed by atoms with van der Waals surface area (Å²) in [6.45, 7) is -0.488. The molecule has 0 aliphatic heterocycles. The highest BCUT2D eigenvalue weighted by atomic mass is 35.5. The van der Waals surface area contributed by atoms with Crippen molar-refractivity contribution in [3.8, 4) is 5.75 Å². The Labute approximate surface area is 154 Å². The van der Waals surface area contributed by atoms with E-state index in [-0.39, 0.29) is 18.2 Å². The van der Waals surface area contributed by atoms with Gasteiger partial charge < -0.3 is 15.0 Å². The number of carbonyl (C=O) groups is 2. The molecule has 2 amide bonds. The van der Waals surface area contributed by atoms with Crippen LogP contribution in [0.2, 0.25) is 10.0 Å². The van der Waals surface area contributed by atoms with Crippen LogP contribution in [-0.2, 0) is 9.59 Å². The van der Waals surface area contributed by atoms with E-state index in [0.29, 0.717) is 16.5 Å². The lowest BCUT2D eigenvalue weighted by molar-refractivity contribution is -0.135. The third-order valence-electron chi connectivity index (χ3n) is 3.16. The SMILES string of the molecule is CN(CC(=O)Nc1cccc(F)c1)C(=O)COc1ccc(Cl)cc1Cl. The Morgan fingerprint density at radius 1 is 1.20 bits per heavy atom. The van der Waals surface area contributed by atoms with Crippen molar-refractivity contribution in [3.05, 3.63) is 58.3 Å². The predicted molar refractivity (Wildman–Crippen MR) is 94.6 cm³/mol. The molecular weight excluding hydrogens is 370 g/mol. The topological polar surface area (TPSA) is 58.6 Å². The van der Waals surface area contributed by atoms with Crippen LogP contribution in [0.3, 0.4) is 0 Å². The summed E-state index contributed by atoms with van der Waals surface area (Å²) < 4.78 is 18.4. The van der Waals surface area contributed by atoms with Gasteiger partial charge in [0.25, 0.3) is 5.91 Å². The number of anilines is 1. The maximum absolute atomic E-state index is 13.1. The van der Waals surface area contributed by atoms with E-state index in [1.165, 1.54) is 36.2 Å². The van der Waals surface area contributed by atoms with Gasteiger partial charge in [-0.1, -0.05) is 29.3 Å². The number of benzene rings is 2. The van der Waals surface area contributed by atoms with Crippen molar-refractivity contribution in [2.45, 2.75) is 0 Å². The van der Waals surface area contributed by atoms with Crippen molar-refractivity contribution in [2.75, 3.05) is 25.5 Å². The number of nitrogens with one attached hydrogen (secondary N) is 1. The van der Waals surface area contributed by atoms with Crippen LogP contribution in [-0.4, -0.2) is 36.9 Å². The van der Waals surface area contributed by atoms with Crippen molar-refractivity contribution in [1.29, 1.82) is 0 Å². The van der Waals surface area contributed by atoms with Crippen LogP contribution >= 0.6 is 23.2 Å². The second kappa shape index (κ2) is 8.69. The molecule has 0 radical (unpaired) electrons. The summed E-state index contributed by atoms with van der Waals surface area (Å²) in [4.78, 5) is 25.1. The summed E-state index contributed by atoms with van der Waals surface area (Å²) in [7, 11) is 1.46. The Morgan fingerprint density at radius 3 is 2.64 bits per heavy atom. The van der Waals surface area contributed by atoms with E-state index in [4.69, 9.17) is 27.9 Å². The first-order valence-electron chi connectivity index (χ1n) is 7.22. The smallest absolute Gasteiger partial charge is 0.260 e. The molecule has 8 heteroatoms. The van der Waals surface area contributed by atoms with Gasteiger partial charge in [-0.25, -0.2) is 4.39 Å². The molecule has 0 atom stereocenters. The lowest BCUT2D eigenvalue weighted by atomic mass is 10.3. The van der Waals surface area contributed by atoms with E-state index >= 15 is 0 Å². The third kappa shape index (κ3) is 5.92. The lowest BCUT2D eigenvalue weighted by Gasteiger charge is -2.17. The Balaban J connectivity index is 1.84. The predicted octanol–water partition coefficient (Wildman–Crippen LogP) is 3.61. The second-order valence-electron chi connectivity index (χ2n) is 5.17. The molecule has 132 valence electrons. The minimum Gasteiger partial charge on any atom is -0.482 e. The maximum Gasteiger partial charge on any atom is 0.260 e. The van der Waals surface area contributed by atoms with Gasteiger partial charge in [0.15, 0.2) is 6.61 Å². The molecule has 0 saturated carbocycles. The van der Waals surface area contributed by atoms with Gasteiger partial charge in [0.2, 0.25) is 5.91 Å². The average Bonchev–Trinajstić information content (AvgIpc) is 2.53. The highest BCUT2D eigenvalue weighted by Gasteiger charge is 2.15. The lowest BCUT2D eigenvalue weighted by Crippen LogP contribution is -2.37. The van der Waals surface area contributed by atoms with Crippen molar-refractivity contribution >= 4 is 40.7 Å². The molecule has 0 unspecified atom stereocenters. The molecule has 0 aliphatic rings. The molecule has 2 aromatic carbocycles. The van der Waals surface area contributed by atoms with Crippen molar-refractivity contribution in [1.82, 2.24) is 4.90 Å². The molecule has 0 fully saturated rings. The Morgan fingerprint density at radius 2 is 1.96 bits per heavy atom. The van der Waals surface area contributed by atoms with E-state index < -0.39 is 17.6 Å². The van der Waals surface area contributed by atoms with Gasteiger partial charge in [-0.2, -0.15) is 0 Å².